The highest BCUT2D eigenvalue weighted by Gasteiger charge is 2.68. The highest BCUT2D eigenvalue weighted by atomic mass is 35.5. The Labute approximate surface area is 111 Å². The minimum atomic E-state index is 0. The van der Waals surface area contributed by atoms with Gasteiger partial charge in [0.2, 0.25) is 5.91 Å². The van der Waals surface area contributed by atoms with Crippen LogP contribution in [0.15, 0.2) is 0 Å². The van der Waals surface area contributed by atoms with Gasteiger partial charge < -0.3 is 10.6 Å². The summed E-state index contributed by atoms with van der Waals surface area (Å²) in [7, 11) is 0. The second kappa shape index (κ2) is 4.77. The predicted octanol–water partition coefficient (Wildman–Crippen LogP) is 1.96. The van der Waals surface area contributed by atoms with E-state index in [0.29, 0.717) is 6.04 Å². The van der Waals surface area contributed by atoms with Gasteiger partial charge in [-0.05, 0) is 30.2 Å². The molecule has 2 aliphatic rings. The molecule has 0 aromatic heterocycles. The minimum absolute atomic E-state index is 0. The lowest BCUT2D eigenvalue weighted by atomic mass is 10.0. The standard InChI is InChI=1S/C13H24N2O.ClH/c1-12(2)10(13(12,3)4)11(16)15-9-6-5-7-14-8-9;/h9-10,14H,5-8H2,1-4H3,(H,15,16);1H/t9-;/m0./s1. The van der Waals surface area contributed by atoms with E-state index in [1.54, 1.807) is 0 Å². The Hall–Kier alpha value is -0.280. The van der Waals surface area contributed by atoms with Crippen LogP contribution in [0.1, 0.15) is 40.5 Å². The quantitative estimate of drug-likeness (QED) is 0.797. The Morgan fingerprint density at radius 2 is 1.82 bits per heavy atom. The second-order valence-corrected chi connectivity index (χ2v) is 6.43. The summed E-state index contributed by atoms with van der Waals surface area (Å²) in [5, 5.41) is 6.52. The average Bonchev–Trinajstić information content (AvgIpc) is 2.58. The molecule has 2 fully saturated rings. The maximum atomic E-state index is 12.2. The third-order valence-electron chi connectivity index (χ3n) is 4.93. The van der Waals surface area contributed by atoms with E-state index in [1.165, 1.54) is 6.42 Å². The smallest absolute Gasteiger partial charge is 0.224 e. The Bertz CT molecular complexity index is 282. The molecule has 100 valence electrons. The molecule has 0 bridgehead atoms. The van der Waals surface area contributed by atoms with Gasteiger partial charge in [0.15, 0.2) is 0 Å². The molecule has 2 rings (SSSR count). The molecule has 3 nitrogen and oxygen atoms in total. The molecule has 0 spiro atoms. The van der Waals surface area contributed by atoms with E-state index in [0.717, 1.165) is 19.5 Å². The highest BCUT2D eigenvalue weighted by Crippen LogP contribution is 2.68. The van der Waals surface area contributed by atoms with Gasteiger partial charge in [-0.3, -0.25) is 4.79 Å². The van der Waals surface area contributed by atoms with Gasteiger partial charge in [-0.15, -0.1) is 12.4 Å². The maximum Gasteiger partial charge on any atom is 0.224 e. The van der Waals surface area contributed by atoms with Crippen LogP contribution in [0.2, 0.25) is 0 Å². The van der Waals surface area contributed by atoms with Crippen LogP contribution in [0.3, 0.4) is 0 Å². The number of hydrogen-bond donors (Lipinski definition) is 2. The number of amides is 1. The molecule has 1 saturated carbocycles. The first kappa shape index (κ1) is 14.8. The van der Waals surface area contributed by atoms with Gasteiger partial charge in [0.25, 0.3) is 0 Å². The summed E-state index contributed by atoms with van der Waals surface area (Å²) >= 11 is 0. The first-order valence-corrected chi connectivity index (χ1v) is 6.38. The van der Waals surface area contributed by atoms with E-state index < -0.39 is 0 Å². The lowest BCUT2D eigenvalue weighted by Crippen LogP contribution is -2.46. The van der Waals surface area contributed by atoms with Crippen molar-refractivity contribution in [2.75, 3.05) is 13.1 Å². The topological polar surface area (TPSA) is 41.1 Å². The average molecular weight is 261 g/mol. The summed E-state index contributed by atoms with van der Waals surface area (Å²) in [6.45, 7) is 10.8. The van der Waals surface area contributed by atoms with Crippen molar-refractivity contribution in [1.82, 2.24) is 10.6 Å². The minimum Gasteiger partial charge on any atom is -0.352 e. The Morgan fingerprint density at radius 3 is 2.24 bits per heavy atom. The zero-order valence-electron chi connectivity index (χ0n) is 11.3. The van der Waals surface area contributed by atoms with E-state index in [2.05, 4.69) is 38.3 Å². The largest absolute Gasteiger partial charge is 0.352 e. The summed E-state index contributed by atoms with van der Waals surface area (Å²) in [4.78, 5) is 12.2. The van der Waals surface area contributed by atoms with Crippen LogP contribution in [0.25, 0.3) is 0 Å². The second-order valence-electron chi connectivity index (χ2n) is 6.43. The van der Waals surface area contributed by atoms with E-state index in [-0.39, 0.29) is 35.1 Å². The molecule has 1 aliphatic carbocycles. The number of piperidine rings is 1. The molecule has 0 unspecified atom stereocenters. The number of carbonyl (C=O) groups is 1. The van der Waals surface area contributed by atoms with Gasteiger partial charge >= 0.3 is 0 Å². The zero-order valence-corrected chi connectivity index (χ0v) is 12.1. The summed E-state index contributed by atoms with van der Waals surface area (Å²) in [5.41, 5.74) is 0.304. The van der Waals surface area contributed by atoms with Crippen LogP contribution in [-0.2, 0) is 4.79 Å². The molecule has 17 heavy (non-hydrogen) atoms. The summed E-state index contributed by atoms with van der Waals surface area (Å²) in [6, 6.07) is 0.341. The summed E-state index contributed by atoms with van der Waals surface area (Å²) in [5.74, 6) is 0.436. The lowest BCUT2D eigenvalue weighted by molar-refractivity contribution is -0.124. The molecule has 1 amide bonds. The first-order valence-electron chi connectivity index (χ1n) is 6.38. The van der Waals surface area contributed by atoms with Crippen LogP contribution in [-0.4, -0.2) is 25.0 Å². The van der Waals surface area contributed by atoms with Crippen LogP contribution in [0.4, 0.5) is 0 Å². The van der Waals surface area contributed by atoms with Crippen LogP contribution in [0.5, 0.6) is 0 Å². The monoisotopic (exact) mass is 260 g/mol. The van der Waals surface area contributed by atoms with Crippen LogP contribution in [0, 0.1) is 16.7 Å². The molecule has 1 saturated heterocycles. The summed E-state index contributed by atoms with van der Waals surface area (Å²) < 4.78 is 0. The van der Waals surface area contributed by atoms with Crippen molar-refractivity contribution in [2.24, 2.45) is 16.7 Å². The normalized spacial score (nSPS) is 30.2. The maximum absolute atomic E-state index is 12.2. The summed E-state index contributed by atoms with van der Waals surface area (Å²) in [6.07, 6.45) is 2.29. The van der Waals surface area contributed by atoms with Crippen LogP contribution < -0.4 is 10.6 Å². The molecule has 1 aliphatic heterocycles. The third kappa shape index (κ3) is 2.45. The van der Waals surface area contributed by atoms with Gasteiger partial charge in [0.05, 0.1) is 0 Å². The van der Waals surface area contributed by atoms with Crippen molar-refractivity contribution < 1.29 is 4.79 Å². The molecule has 1 atom stereocenters. The lowest BCUT2D eigenvalue weighted by Gasteiger charge is -2.24. The predicted molar refractivity (Wildman–Crippen MR) is 72.3 cm³/mol. The highest BCUT2D eigenvalue weighted by molar-refractivity contribution is 5.85. The SMILES string of the molecule is CC1(C)C(C(=O)N[C@H]2CCCNC2)C1(C)C.Cl. The molecular formula is C13H25ClN2O. The molecule has 0 aromatic rings. The fourth-order valence-corrected chi connectivity index (χ4v) is 3.11. The van der Waals surface area contributed by atoms with Crippen molar-refractivity contribution in [3.05, 3.63) is 0 Å². The van der Waals surface area contributed by atoms with Crippen LogP contribution >= 0.6 is 12.4 Å². The number of hydrogen-bond acceptors (Lipinski definition) is 2. The van der Waals surface area contributed by atoms with Gasteiger partial charge in [-0.25, -0.2) is 0 Å². The van der Waals surface area contributed by atoms with Crippen molar-refractivity contribution in [1.29, 1.82) is 0 Å². The Morgan fingerprint density at radius 1 is 1.24 bits per heavy atom. The van der Waals surface area contributed by atoms with E-state index >= 15 is 0 Å². The van der Waals surface area contributed by atoms with Gasteiger partial charge in [0, 0.05) is 18.5 Å². The molecule has 0 aromatic carbocycles. The fourth-order valence-electron chi connectivity index (χ4n) is 3.11. The van der Waals surface area contributed by atoms with Gasteiger partial charge in [-0.2, -0.15) is 0 Å². The Balaban J connectivity index is 0.00000144. The number of rotatable bonds is 2. The van der Waals surface area contributed by atoms with Gasteiger partial charge in [0.1, 0.15) is 0 Å². The zero-order chi connectivity index (χ0) is 12.0. The molecule has 4 heteroatoms. The van der Waals surface area contributed by atoms with Crippen molar-refractivity contribution >= 4 is 18.3 Å². The molecular weight excluding hydrogens is 236 g/mol. The van der Waals surface area contributed by atoms with Crippen molar-refractivity contribution in [3.8, 4) is 0 Å². The molecule has 1 heterocycles. The Kier molecular flexibility index (Phi) is 4.15. The number of halogens is 1. The third-order valence-corrected chi connectivity index (χ3v) is 4.93. The van der Waals surface area contributed by atoms with E-state index in [1.807, 2.05) is 0 Å². The number of nitrogens with one attached hydrogen (secondary N) is 2. The van der Waals surface area contributed by atoms with Crippen molar-refractivity contribution in [3.63, 3.8) is 0 Å². The van der Waals surface area contributed by atoms with Crippen molar-refractivity contribution in [2.45, 2.75) is 46.6 Å². The fraction of sp³-hybridized carbons (Fsp3) is 0.923. The van der Waals surface area contributed by atoms with E-state index in [9.17, 15) is 4.79 Å². The molecule has 2 N–H and O–H groups in total. The first-order chi connectivity index (χ1) is 7.37. The van der Waals surface area contributed by atoms with Gasteiger partial charge in [-0.1, -0.05) is 27.7 Å². The molecule has 0 radical (unpaired) electrons. The van der Waals surface area contributed by atoms with E-state index in [4.69, 9.17) is 0 Å². The number of carbonyl (C=O) groups excluding carboxylic acids is 1.